The first kappa shape index (κ1) is 25.0. The highest BCUT2D eigenvalue weighted by atomic mass is 16.7. The van der Waals surface area contributed by atoms with Gasteiger partial charge in [0.25, 0.3) is 0 Å². The SMILES string of the molecule is CC(=O)O[C@H]1CO[C@H](Oc2c(C)c3c4c(c2O)[C@@H](C)CCC4[C@@H](C)C[C@H]3C=C(C)C)[C@H](O)[C@H]1O. The number of hydrogen-bond donors (Lipinski definition) is 3. The van der Waals surface area contributed by atoms with Crippen LogP contribution in [0.3, 0.4) is 0 Å². The number of phenolic OH excluding ortho intramolecular Hbond substituents is 1. The number of aliphatic hydroxyl groups is 2. The van der Waals surface area contributed by atoms with Gasteiger partial charge in [-0.05, 0) is 74.5 Å². The lowest BCUT2D eigenvalue weighted by Gasteiger charge is -2.44. The van der Waals surface area contributed by atoms with E-state index in [9.17, 15) is 20.1 Å². The minimum atomic E-state index is -1.44. The Bertz CT molecular complexity index is 980. The molecule has 3 aliphatic rings. The largest absolute Gasteiger partial charge is 0.504 e. The maximum Gasteiger partial charge on any atom is 0.303 e. The average Bonchev–Trinajstić information content (AvgIpc) is 2.74. The predicted molar refractivity (Wildman–Crippen MR) is 127 cm³/mol. The van der Waals surface area contributed by atoms with Crippen LogP contribution < -0.4 is 4.74 Å². The minimum absolute atomic E-state index is 0.103. The number of allylic oxidation sites excluding steroid dienone is 2. The van der Waals surface area contributed by atoms with Gasteiger partial charge in [-0.1, -0.05) is 25.5 Å². The van der Waals surface area contributed by atoms with Crippen LogP contribution >= 0.6 is 0 Å². The molecule has 0 saturated carbocycles. The van der Waals surface area contributed by atoms with Crippen LogP contribution in [0.4, 0.5) is 0 Å². The van der Waals surface area contributed by atoms with E-state index in [1.54, 1.807) is 0 Å². The topological polar surface area (TPSA) is 105 Å². The third-order valence-corrected chi connectivity index (χ3v) is 7.77. The van der Waals surface area contributed by atoms with Crippen molar-refractivity contribution in [2.45, 2.75) is 103 Å². The van der Waals surface area contributed by atoms with Gasteiger partial charge in [0.05, 0.1) is 6.61 Å². The van der Waals surface area contributed by atoms with E-state index >= 15 is 0 Å². The number of aromatic hydroxyl groups is 1. The molecule has 8 atom stereocenters. The van der Waals surface area contributed by atoms with Crippen molar-refractivity contribution >= 4 is 5.97 Å². The lowest BCUT2D eigenvalue weighted by molar-refractivity contribution is -0.248. The number of phenols is 1. The molecular weight excluding hydrogens is 436 g/mol. The normalized spacial score (nSPS) is 34.7. The number of hydrogen-bond acceptors (Lipinski definition) is 7. The average molecular weight is 475 g/mol. The van der Waals surface area contributed by atoms with E-state index in [2.05, 4.69) is 33.8 Å². The van der Waals surface area contributed by atoms with E-state index in [4.69, 9.17) is 14.2 Å². The van der Waals surface area contributed by atoms with E-state index < -0.39 is 30.6 Å². The lowest BCUT2D eigenvalue weighted by Crippen LogP contribution is -2.56. The fourth-order valence-electron chi connectivity index (χ4n) is 6.25. The van der Waals surface area contributed by atoms with Gasteiger partial charge in [-0.15, -0.1) is 0 Å². The Morgan fingerprint density at radius 3 is 2.41 bits per heavy atom. The number of carbonyl (C=O) groups is 1. The molecule has 1 aromatic carbocycles. The fourth-order valence-corrected chi connectivity index (χ4v) is 6.25. The molecule has 0 aromatic heterocycles. The molecule has 34 heavy (non-hydrogen) atoms. The number of benzene rings is 1. The molecule has 2 aliphatic carbocycles. The molecule has 1 heterocycles. The van der Waals surface area contributed by atoms with E-state index in [1.807, 2.05) is 6.92 Å². The van der Waals surface area contributed by atoms with E-state index in [1.165, 1.54) is 23.6 Å². The summed E-state index contributed by atoms with van der Waals surface area (Å²) in [6.07, 6.45) is 0.466. The molecule has 1 aliphatic heterocycles. The highest BCUT2D eigenvalue weighted by Crippen LogP contribution is 2.58. The van der Waals surface area contributed by atoms with Gasteiger partial charge in [0.15, 0.2) is 17.6 Å². The van der Waals surface area contributed by atoms with Crippen molar-refractivity contribution in [1.82, 2.24) is 0 Å². The molecule has 0 bridgehead atoms. The second kappa shape index (κ2) is 9.51. The molecule has 4 rings (SSSR count). The number of ether oxygens (including phenoxy) is 3. The summed E-state index contributed by atoms with van der Waals surface area (Å²) in [5.74, 6) is 1.16. The molecule has 0 radical (unpaired) electrons. The van der Waals surface area contributed by atoms with Crippen LogP contribution in [-0.2, 0) is 14.3 Å². The van der Waals surface area contributed by atoms with Crippen molar-refractivity contribution in [2.24, 2.45) is 5.92 Å². The second-order valence-corrected chi connectivity index (χ2v) is 10.6. The van der Waals surface area contributed by atoms with Crippen LogP contribution in [0.15, 0.2) is 11.6 Å². The quantitative estimate of drug-likeness (QED) is 0.444. The fraction of sp³-hybridized carbons (Fsp3) is 0.667. The summed E-state index contributed by atoms with van der Waals surface area (Å²) in [5.41, 5.74) is 5.50. The van der Waals surface area contributed by atoms with E-state index in [0.717, 1.165) is 30.4 Å². The van der Waals surface area contributed by atoms with Crippen LogP contribution in [0.2, 0.25) is 0 Å². The predicted octanol–water partition coefficient (Wildman–Crippen LogP) is 4.16. The Labute approximate surface area is 201 Å². The van der Waals surface area contributed by atoms with Crippen molar-refractivity contribution in [3.63, 3.8) is 0 Å². The number of aliphatic hydroxyl groups excluding tert-OH is 2. The van der Waals surface area contributed by atoms with Gasteiger partial charge in [0.1, 0.15) is 12.2 Å². The summed E-state index contributed by atoms with van der Waals surface area (Å²) in [6, 6.07) is 0. The molecule has 1 unspecified atom stereocenters. The minimum Gasteiger partial charge on any atom is -0.504 e. The molecule has 188 valence electrons. The van der Waals surface area contributed by atoms with Gasteiger partial charge in [0.2, 0.25) is 6.29 Å². The third kappa shape index (κ3) is 4.34. The number of carbonyl (C=O) groups excluding carboxylic acids is 1. The van der Waals surface area contributed by atoms with Crippen molar-refractivity contribution in [2.75, 3.05) is 6.61 Å². The lowest BCUT2D eigenvalue weighted by atomic mass is 9.62. The summed E-state index contributed by atoms with van der Waals surface area (Å²) >= 11 is 0. The molecule has 7 heteroatoms. The Balaban J connectivity index is 1.76. The first-order valence-electron chi connectivity index (χ1n) is 12.4. The Morgan fingerprint density at radius 2 is 1.76 bits per heavy atom. The van der Waals surface area contributed by atoms with Crippen LogP contribution in [-0.4, -0.2) is 52.5 Å². The summed E-state index contributed by atoms with van der Waals surface area (Å²) in [6.45, 7) is 11.7. The van der Waals surface area contributed by atoms with Gasteiger partial charge in [-0.25, -0.2) is 0 Å². The summed E-state index contributed by atoms with van der Waals surface area (Å²) in [4.78, 5) is 11.3. The maximum absolute atomic E-state index is 11.4. The Kier molecular flexibility index (Phi) is 7.00. The summed E-state index contributed by atoms with van der Waals surface area (Å²) < 4.78 is 16.8. The standard InChI is InChI=1S/C27H38O7/c1-12(2)9-17-10-14(4)18-8-7-13(3)20-22(18)21(17)15(5)26(24(20)30)34-27-25(31)23(29)19(11-32-27)33-16(6)28/h9,13-14,17-19,23,25,27,29-31H,7-8,10-11H2,1-6H3/t13-,14-,17+,18?,19-,23-,25+,27+/m0/s1. The van der Waals surface area contributed by atoms with E-state index in [0.29, 0.717) is 17.6 Å². The zero-order valence-corrected chi connectivity index (χ0v) is 21.0. The smallest absolute Gasteiger partial charge is 0.303 e. The van der Waals surface area contributed by atoms with Crippen molar-refractivity contribution in [3.05, 3.63) is 33.9 Å². The van der Waals surface area contributed by atoms with Crippen LogP contribution in [0, 0.1) is 12.8 Å². The van der Waals surface area contributed by atoms with E-state index in [-0.39, 0.29) is 24.2 Å². The van der Waals surface area contributed by atoms with Gasteiger partial charge in [-0.2, -0.15) is 0 Å². The molecule has 0 spiro atoms. The van der Waals surface area contributed by atoms with Gasteiger partial charge in [-0.3, -0.25) is 4.79 Å². The third-order valence-electron chi connectivity index (χ3n) is 7.77. The zero-order chi connectivity index (χ0) is 24.9. The van der Waals surface area contributed by atoms with Crippen LogP contribution in [0.5, 0.6) is 11.5 Å². The molecule has 1 saturated heterocycles. The summed E-state index contributed by atoms with van der Waals surface area (Å²) in [7, 11) is 0. The first-order chi connectivity index (χ1) is 16.0. The van der Waals surface area contributed by atoms with Gasteiger partial charge < -0.3 is 29.5 Å². The second-order valence-electron chi connectivity index (χ2n) is 10.6. The molecular formula is C27H38O7. The van der Waals surface area contributed by atoms with Crippen molar-refractivity contribution in [1.29, 1.82) is 0 Å². The van der Waals surface area contributed by atoms with Crippen molar-refractivity contribution < 1.29 is 34.3 Å². The maximum atomic E-state index is 11.4. The first-order valence-corrected chi connectivity index (χ1v) is 12.4. The highest BCUT2D eigenvalue weighted by Gasteiger charge is 2.44. The van der Waals surface area contributed by atoms with Gasteiger partial charge in [0, 0.05) is 18.4 Å². The number of esters is 1. The monoisotopic (exact) mass is 474 g/mol. The number of rotatable bonds is 4. The Hall–Kier alpha value is -2.09. The van der Waals surface area contributed by atoms with Gasteiger partial charge >= 0.3 is 5.97 Å². The summed E-state index contributed by atoms with van der Waals surface area (Å²) in [5, 5.41) is 32.6. The highest BCUT2D eigenvalue weighted by molar-refractivity contribution is 5.66. The van der Waals surface area contributed by atoms with Crippen LogP contribution in [0.1, 0.15) is 93.9 Å². The van der Waals surface area contributed by atoms with Crippen molar-refractivity contribution in [3.8, 4) is 11.5 Å². The molecule has 1 fully saturated rings. The Morgan fingerprint density at radius 1 is 1.06 bits per heavy atom. The molecule has 3 N–H and O–H groups in total. The molecule has 0 amide bonds. The van der Waals surface area contributed by atoms with Crippen LogP contribution in [0.25, 0.3) is 0 Å². The molecule has 7 nitrogen and oxygen atoms in total. The molecule has 1 aromatic rings. The zero-order valence-electron chi connectivity index (χ0n) is 21.0.